The van der Waals surface area contributed by atoms with Gasteiger partial charge in [0.2, 0.25) is 0 Å². The predicted molar refractivity (Wildman–Crippen MR) is 86.2 cm³/mol. The summed E-state index contributed by atoms with van der Waals surface area (Å²) >= 11 is 1.31. The number of hydrogen-bond donors (Lipinski definition) is 3. The number of amides is 2. The molecule has 116 valence electrons. The molecule has 0 radical (unpaired) electrons. The van der Waals surface area contributed by atoms with Gasteiger partial charge in [-0.05, 0) is 26.2 Å². The highest BCUT2D eigenvalue weighted by atomic mass is 32.1. The topological polar surface area (TPSA) is 87.5 Å². The van der Waals surface area contributed by atoms with Crippen molar-refractivity contribution in [3.8, 4) is 0 Å². The summed E-state index contributed by atoms with van der Waals surface area (Å²) in [5, 5.41) is 6.17. The number of thiophene rings is 1. The second-order valence-electron chi connectivity index (χ2n) is 5.01. The van der Waals surface area contributed by atoms with Crippen molar-refractivity contribution in [3.63, 3.8) is 0 Å². The van der Waals surface area contributed by atoms with Crippen LogP contribution in [0.25, 0.3) is 0 Å². The molecule has 2 rings (SSSR count). The van der Waals surface area contributed by atoms with Crippen LogP contribution in [-0.4, -0.2) is 38.5 Å². The second kappa shape index (κ2) is 6.80. The highest BCUT2D eigenvalue weighted by molar-refractivity contribution is 7.19. The number of hydrogen-bond acceptors (Lipinski definition) is 5. The molecule has 0 aromatic carbocycles. The number of carbonyl (C=O) groups excluding carboxylic acids is 2. The molecule has 1 saturated heterocycles. The minimum Gasteiger partial charge on any atom is -0.397 e. The summed E-state index contributed by atoms with van der Waals surface area (Å²) < 4.78 is 0. The standard InChI is InChI=1S/C14H22N4O2S/c1-3-17-13(20)11-10(15)9(12(19)16-2)14(21-11)18-7-5-4-6-8-18/h3-8,15H2,1-2H3,(H,16,19)(H,17,20). The summed E-state index contributed by atoms with van der Waals surface area (Å²) in [6, 6.07) is 0. The lowest BCUT2D eigenvalue weighted by atomic mass is 10.1. The normalized spacial score (nSPS) is 14.9. The molecule has 0 saturated carbocycles. The van der Waals surface area contributed by atoms with Gasteiger partial charge in [0.05, 0.1) is 11.3 Å². The predicted octanol–water partition coefficient (Wildman–Crippen LogP) is 1.43. The molecule has 0 spiro atoms. The fourth-order valence-corrected chi connectivity index (χ4v) is 3.69. The zero-order chi connectivity index (χ0) is 15.4. The molecule has 0 atom stereocenters. The van der Waals surface area contributed by atoms with Crippen molar-refractivity contribution in [2.45, 2.75) is 26.2 Å². The average Bonchev–Trinajstić information content (AvgIpc) is 2.85. The van der Waals surface area contributed by atoms with E-state index in [-0.39, 0.29) is 17.5 Å². The molecular formula is C14H22N4O2S. The zero-order valence-corrected chi connectivity index (χ0v) is 13.3. The third-order valence-corrected chi connectivity index (χ3v) is 4.83. The summed E-state index contributed by atoms with van der Waals surface area (Å²) in [6.45, 7) is 4.19. The molecule has 1 aromatic rings. The largest absolute Gasteiger partial charge is 0.397 e. The molecule has 1 fully saturated rings. The Hall–Kier alpha value is -1.76. The van der Waals surface area contributed by atoms with Crippen molar-refractivity contribution in [2.24, 2.45) is 0 Å². The van der Waals surface area contributed by atoms with Gasteiger partial charge in [0.25, 0.3) is 11.8 Å². The molecule has 0 bridgehead atoms. The summed E-state index contributed by atoms with van der Waals surface area (Å²) in [5.41, 5.74) is 6.80. The van der Waals surface area contributed by atoms with Crippen LogP contribution in [0.2, 0.25) is 0 Å². The highest BCUT2D eigenvalue weighted by Crippen LogP contribution is 2.39. The van der Waals surface area contributed by atoms with E-state index in [0.717, 1.165) is 30.9 Å². The zero-order valence-electron chi connectivity index (χ0n) is 12.5. The maximum Gasteiger partial charge on any atom is 0.263 e. The number of piperidine rings is 1. The van der Waals surface area contributed by atoms with Gasteiger partial charge in [0.15, 0.2) is 0 Å². The number of carbonyl (C=O) groups is 2. The molecule has 1 aliphatic rings. The number of anilines is 2. The number of nitrogens with one attached hydrogen (secondary N) is 2. The van der Waals surface area contributed by atoms with E-state index in [9.17, 15) is 9.59 Å². The Bertz CT molecular complexity index is 535. The summed E-state index contributed by atoms with van der Waals surface area (Å²) in [6.07, 6.45) is 3.40. The molecular weight excluding hydrogens is 288 g/mol. The van der Waals surface area contributed by atoms with Crippen LogP contribution in [0, 0.1) is 0 Å². The van der Waals surface area contributed by atoms with E-state index < -0.39 is 0 Å². The van der Waals surface area contributed by atoms with Crippen LogP contribution in [0.5, 0.6) is 0 Å². The van der Waals surface area contributed by atoms with Gasteiger partial charge in [-0.15, -0.1) is 11.3 Å². The van der Waals surface area contributed by atoms with Gasteiger partial charge in [0, 0.05) is 26.7 Å². The minimum atomic E-state index is -0.236. The fourth-order valence-electron chi connectivity index (χ4n) is 2.51. The van der Waals surface area contributed by atoms with E-state index in [1.54, 1.807) is 7.05 Å². The van der Waals surface area contributed by atoms with Crippen LogP contribution < -0.4 is 21.3 Å². The van der Waals surface area contributed by atoms with Gasteiger partial charge in [-0.1, -0.05) is 0 Å². The summed E-state index contributed by atoms with van der Waals surface area (Å²) in [4.78, 5) is 26.8. The molecule has 6 nitrogen and oxygen atoms in total. The van der Waals surface area contributed by atoms with E-state index in [1.165, 1.54) is 17.8 Å². The average molecular weight is 310 g/mol. The van der Waals surface area contributed by atoms with Gasteiger partial charge in [0.1, 0.15) is 9.88 Å². The Kier molecular flexibility index (Phi) is 5.06. The maximum absolute atomic E-state index is 12.1. The smallest absolute Gasteiger partial charge is 0.263 e. The number of nitrogens with two attached hydrogens (primary N) is 1. The Morgan fingerprint density at radius 3 is 2.48 bits per heavy atom. The molecule has 7 heteroatoms. The maximum atomic E-state index is 12.1. The first-order valence-corrected chi connectivity index (χ1v) is 8.09. The lowest BCUT2D eigenvalue weighted by molar-refractivity contribution is 0.0959. The molecule has 1 aliphatic heterocycles. The van der Waals surface area contributed by atoms with Gasteiger partial charge in [-0.3, -0.25) is 9.59 Å². The van der Waals surface area contributed by atoms with Crippen LogP contribution >= 0.6 is 11.3 Å². The summed E-state index contributed by atoms with van der Waals surface area (Å²) in [7, 11) is 1.57. The molecule has 21 heavy (non-hydrogen) atoms. The lowest BCUT2D eigenvalue weighted by Crippen LogP contribution is -2.31. The van der Waals surface area contributed by atoms with Crippen molar-refractivity contribution < 1.29 is 9.59 Å². The van der Waals surface area contributed by atoms with Crippen LogP contribution in [0.3, 0.4) is 0 Å². The van der Waals surface area contributed by atoms with E-state index in [4.69, 9.17) is 5.73 Å². The first-order valence-electron chi connectivity index (χ1n) is 7.27. The van der Waals surface area contributed by atoms with Crippen molar-refractivity contribution in [1.29, 1.82) is 0 Å². The monoisotopic (exact) mass is 310 g/mol. The molecule has 1 aromatic heterocycles. The quantitative estimate of drug-likeness (QED) is 0.785. The van der Waals surface area contributed by atoms with Crippen LogP contribution in [0.15, 0.2) is 0 Å². The van der Waals surface area contributed by atoms with E-state index in [1.807, 2.05) is 6.92 Å². The fraction of sp³-hybridized carbons (Fsp3) is 0.571. The van der Waals surface area contributed by atoms with Gasteiger partial charge < -0.3 is 21.3 Å². The third kappa shape index (κ3) is 3.12. The molecule has 2 amide bonds. The van der Waals surface area contributed by atoms with Crippen molar-refractivity contribution in [2.75, 3.05) is 37.3 Å². The van der Waals surface area contributed by atoms with E-state index in [2.05, 4.69) is 15.5 Å². The van der Waals surface area contributed by atoms with Crippen molar-refractivity contribution in [1.82, 2.24) is 10.6 Å². The van der Waals surface area contributed by atoms with Gasteiger partial charge >= 0.3 is 0 Å². The molecule has 0 aliphatic carbocycles. The Morgan fingerprint density at radius 1 is 1.24 bits per heavy atom. The van der Waals surface area contributed by atoms with Crippen LogP contribution in [0.1, 0.15) is 46.2 Å². The number of nitrogens with zero attached hydrogens (tertiary/aromatic N) is 1. The van der Waals surface area contributed by atoms with Crippen molar-refractivity contribution in [3.05, 3.63) is 10.4 Å². The van der Waals surface area contributed by atoms with Gasteiger partial charge in [-0.2, -0.15) is 0 Å². The summed E-state index contributed by atoms with van der Waals surface area (Å²) in [5.74, 6) is -0.451. The Balaban J connectivity index is 2.43. The number of rotatable bonds is 4. The first-order chi connectivity index (χ1) is 10.1. The second-order valence-corrected chi connectivity index (χ2v) is 6.01. The number of nitrogen functional groups attached to an aromatic ring is 1. The van der Waals surface area contributed by atoms with Crippen LogP contribution in [0.4, 0.5) is 10.7 Å². The van der Waals surface area contributed by atoms with E-state index >= 15 is 0 Å². The van der Waals surface area contributed by atoms with Gasteiger partial charge in [-0.25, -0.2) is 0 Å². The lowest BCUT2D eigenvalue weighted by Gasteiger charge is -2.28. The molecule has 4 N–H and O–H groups in total. The Labute approximate surface area is 128 Å². The third-order valence-electron chi connectivity index (χ3n) is 3.57. The molecule has 0 unspecified atom stereocenters. The van der Waals surface area contributed by atoms with Crippen molar-refractivity contribution >= 4 is 33.8 Å². The SMILES string of the molecule is CCNC(=O)c1sc(N2CCCCC2)c(C(=O)NC)c1N. The molecule has 2 heterocycles. The van der Waals surface area contributed by atoms with Crippen LogP contribution in [-0.2, 0) is 0 Å². The highest BCUT2D eigenvalue weighted by Gasteiger charge is 2.28. The Morgan fingerprint density at radius 2 is 1.90 bits per heavy atom. The first kappa shape index (κ1) is 15.6. The minimum absolute atomic E-state index is 0.214. The van der Waals surface area contributed by atoms with E-state index in [0.29, 0.717) is 17.0 Å².